The molecule has 0 aliphatic carbocycles. The van der Waals surface area contributed by atoms with E-state index in [1.54, 1.807) is 0 Å². The van der Waals surface area contributed by atoms with Crippen molar-refractivity contribution in [3.05, 3.63) is 0 Å². The molecule has 0 amide bonds. The van der Waals surface area contributed by atoms with E-state index in [4.69, 9.17) is 37.7 Å². The van der Waals surface area contributed by atoms with Crippen LogP contribution in [0.3, 0.4) is 0 Å². The molecule has 4 aliphatic rings. The van der Waals surface area contributed by atoms with E-state index < -0.39 is 153 Å². The smallest absolute Gasteiger partial charge is 0.397 e. The Hall–Kier alpha value is -1.38. The fourth-order valence-electron chi connectivity index (χ4n) is 5.44. The van der Waals surface area contributed by atoms with Gasteiger partial charge in [-0.05, 0) is 0 Å². The molecule has 4 fully saturated rings. The summed E-state index contributed by atoms with van der Waals surface area (Å²) < 4.78 is 72.8. The van der Waals surface area contributed by atoms with Gasteiger partial charge in [0.2, 0.25) is 0 Å². The molecule has 0 spiro atoms. The zero-order chi connectivity index (χ0) is 35.8. The molecule has 24 nitrogen and oxygen atoms in total. The van der Waals surface area contributed by atoms with E-state index in [-0.39, 0.29) is 0 Å². The number of carboxylic acids is 1. The first-order valence-electron chi connectivity index (χ1n) is 14.2. The van der Waals surface area contributed by atoms with Gasteiger partial charge >= 0.3 is 16.4 Å². The number of aliphatic hydroxyl groups excluding tert-OH is 11. The predicted octanol–water partition coefficient (Wildman–Crippen LogP) is -9.19. The van der Waals surface area contributed by atoms with Crippen molar-refractivity contribution in [3.8, 4) is 0 Å². The van der Waals surface area contributed by atoms with Crippen LogP contribution < -0.4 is 0 Å². The molecule has 4 aliphatic heterocycles. The molecule has 0 saturated carbocycles. The van der Waals surface area contributed by atoms with Gasteiger partial charge in [0, 0.05) is 0 Å². The van der Waals surface area contributed by atoms with Crippen LogP contribution in [0, 0.1) is 0 Å². The molecular weight excluding hydrogens is 692 g/mol. The summed E-state index contributed by atoms with van der Waals surface area (Å²) in [6.07, 6.45) is -38.2. The summed E-state index contributed by atoms with van der Waals surface area (Å²) in [6.45, 7) is -2.46. The summed E-state index contributed by atoms with van der Waals surface area (Å²) in [5.41, 5.74) is 0. The minimum atomic E-state index is -5.42. The third kappa shape index (κ3) is 8.39. The topological polar surface area (TPSA) is 388 Å². The van der Waals surface area contributed by atoms with Crippen LogP contribution in [0.15, 0.2) is 0 Å². The van der Waals surface area contributed by atoms with Crippen LogP contribution in [0.25, 0.3) is 0 Å². The van der Waals surface area contributed by atoms with Crippen LogP contribution in [0.1, 0.15) is 0 Å². The highest BCUT2D eigenvalue weighted by atomic mass is 32.3. The van der Waals surface area contributed by atoms with Crippen LogP contribution in [0.5, 0.6) is 0 Å². The molecule has 280 valence electrons. The molecule has 19 atom stereocenters. The Morgan fingerprint density at radius 1 is 0.625 bits per heavy atom. The molecule has 48 heavy (non-hydrogen) atoms. The average Bonchev–Trinajstić information content (AvgIpc) is 3.02. The van der Waals surface area contributed by atoms with E-state index >= 15 is 0 Å². The van der Waals surface area contributed by atoms with E-state index in [1.165, 1.54) is 0 Å². The highest BCUT2D eigenvalue weighted by molar-refractivity contribution is 7.80. The van der Waals surface area contributed by atoms with Gasteiger partial charge in [0.1, 0.15) is 85.5 Å². The quantitative estimate of drug-likeness (QED) is 0.0877. The molecule has 1 unspecified atom stereocenters. The third-order valence-corrected chi connectivity index (χ3v) is 8.47. The van der Waals surface area contributed by atoms with Crippen molar-refractivity contribution in [2.24, 2.45) is 0 Å². The molecule has 0 aromatic heterocycles. The van der Waals surface area contributed by atoms with Crippen LogP contribution >= 0.6 is 0 Å². The Bertz CT molecular complexity index is 1180. The second-order valence-electron chi connectivity index (χ2n) is 11.2. The second-order valence-corrected chi connectivity index (χ2v) is 12.3. The molecular formula is C23H38O24S. The molecule has 4 heterocycles. The van der Waals surface area contributed by atoms with Crippen molar-refractivity contribution in [2.45, 2.75) is 117 Å². The average molecular weight is 731 g/mol. The monoisotopic (exact) mass is 730 g/mol. The third-order valence-electron chi connectivity index (χ3n) is 8.01. The highest BCUT2D eigenvalue weighted by Crippen LogP contribution is 2.34. The van der Waals surface area contributed by atoms with Gasteiger partial charge in [-0.1, -0.05) is 0 Å². The summed E-state index contributed by atoms with van der Waals surface area (Å²) in [5, 5.41) is 123. The van der Waals surface area contributed by atoms with E-state index in [0.29, 0.717) is 0 Å². The van der Waals surface area contributed by atoms with E-state index in [1.807, 2.05) is 0 Å². The lowest BCUT2D eigenvalue weighted by Gasteiger charge is -2.48. The van der Waals surface area contributed by atoms with E-state index in [2.05, 4.69) is 4.18 Å². The van der Waals surface area contributed by atoms with E-state index in [0.717, 1.165) is 0 Å². The van der Waals surface area contributed by atoms with Crippen molar-refractivity contribution in [1.82, 2.24) is 0 Å². The summed E-state index contributed by atoms with van der Waals surface area (Å²) in [4.78, 5) is 11.6. The minimum Gasteiger partial charge on any atom is -0.479 e. The number of hydrogen-bond donors (Lipinski definition) is 13. The molecule has 25 heteroatoms. The Labute approximate surface area is 269 Å². The number of aliphatic carboxylic acids is 1. The Kier molecular flexibility index (Phi) is 13.0. The lowest BCUT2D eigenvalue weighted by Crippen LogP contribution is -2.67. The van der Waals surface area contributed by atoms with Crippen molar-refractivity contribution in [2.75, 3.05) is 19.8 Å². The molecule has 0 radical (unpaired) electrons. The number of carboxylic acid groups (broad SMARTS) is 1. The van der Waals surface area contributed by atoms with E-state index in [9.17, 15) is 74.5 Å². The largest absolute Gasteiger partial charge is 0.479 e. The molecule has 13 N–H and O–H groups in total. The number of aliphatic hydroxyl groups is 11. The number of hydrogen-bond acceptors (Lipinski definition) is 22. The molecule has 0 bridgehead atoms. The summed E-state index contributed by atoms with van der Waals surface area (Å²) in [7, 11) is -5.42. The first-order valence-corrected chi connectivity index (χ1v) is 15.5. The standard InChI is InChI=1S/C23H38O24S/c24-1-4-8(27)15(12(31)21(41-4)43-6-3-40-20(36)10(29)7(6)26)44-22-13(32)16(9(28)5(2-25)42-22)45-23-14(33)17(47-48(37,38)39)11(30)18(46-23)19(34)35/h4-18,20-33,36H,1-3H2,(H,34,35)(H,37,38,39)/t4-,5-,6-,7+,8+,9+,10-,11+,12-,13-,14-,15+,16+,17+,18+,20?,21+,22+,23-/m1/s1. The maximum absolute atomic E-state index is 11.6. The van der Waals surface area contributed by atoms with Crippen LogP contribution in [0.2, 0.25) is 0 Å². The predicted molar refractivity (Wildman–Crippen MR) is 139 cm³/mol. The first kappa shape index (κ1) is 39.4. The van der Waals surface area contributed by atoms with Gasteiger partial charge in [-0.25, -0.2) is 8.98 Å². The lowest BCUT2D eigenvalue weighted by molar-refractivity contribution is -0.384. The van der Waals surface area contributed by atoms with Crippen molar-refractivity contribution in [3.63, 3.8) is 0 Å². The van der Waals surface area contributed by atoms with Crippen molar-refractivity contribution in [1.29, 1.82) is 0 Å². The summed E-state index contributed by atoms with van der Waals surface area (Å²) >= 11 is 0. The minimum absolute atomic E-state index is 0.519. The maximum atomic E-state index is 11.6. The van der Waals surface area contributed by atoms with Gasteiger partial charge in [0.05, 0.1) is 19.8 Å². The van der Waals surface area contributed by atoms with Gasteiger partial charge < -0.3 is 94.4 Å². The van der Waals surface area contributed by atoms with Crippen molar-refractivity contribution >= 4 is 16.4 Å². The van der Waals surface area contributed by atoms with Crippen molar-refractivity contribution < 1.29 is 116 Å². The van der Waals surface area contributed by atoms with Crippen LogP contribution in [-0.4, -0.2) is 217 Å². The SMILES string of the molecule is O=C(O)[C@H]1O[C@@H](O[C@H]2[C@@H](O)[C@@H](CO)O[C@@H](O[C@H]3[C@@H](O)[C@@H](CO)O[C@@H](O[C@@H]4COC(O)[C@H](O)[C@H]4O)[C@@H]3O)[C@@H]2O)[C@H](O)[C@@H](OS(=O)(=O)O)[C@@H]1O. The molecule has 0 aromatic carbocycles. The maximum Gasteiger partial charge on any atom is 0.397 e. The Morgan fingerprint density at radius 3 is 1.54 bits per heavy atom. The van der Waals surface area contributed by atoms with Gasteiger partial charge in [-0.15, -0.1) is 0 Å². The summed E-state index contributed by atoms with van der Waals surface area (Å²) in [6, 6.07) is 0. The highest BCUT2D eigenvalue weighted by Gasteiger charge is 2.56. The molecule has 4 rings (SSSR count). The van der Waals surface area contributed by atoms with Crippen LogP contribution in [-0.2, 0) is 52.5 Å². The normalized spacial score (nSPS) is 49.0. The number of ether oxygens (including phenoxy) is 7. The first-order chi connectivity index (χ1) is 22.4. The van der Waals surface area contributed by atoms with Gasteiger partial charge in [-0.2, -0.15) is 8.42 Å². The van der Waals surface area contributed by atoms with Gasteiger partial charge in [0.25, 0.3) is 0 Å². The number of carbonyl (C=O) groups is 1. The Morgan fingerprint density at radius 2 is 1.08 bits per heavy atom. The number of rotatable bonds is 11. The molecule has 0 aromatic rings. The van der Waals surface area contributed by atoms with Gasteiger partial charge in [0.15, 0.2) is 31.3 Å². The van der Waals surface area contributed by atoms with Crippen LogP contribution in [0.4, 0.5) is 0 Å². The second kappa shape index (κ2) is 15.9. The lowest BCUT2D eigenvalue weighted by atomic mass is 9.96. The fourth-order valence-corrected chi connectivity index (χ4v) is 5.95. The summed E-state index contributed by atoms with van der Waals surface area (Å²) in [5.74, 6) is -1.93. The fraction of sp³-hybridized carbons (Fsp3) is 0.957. The Balaban J connectivity index is 1.55. The molecule has 4 saturated heterocycles. The zero-order valence-corrected chi connectivity index (χ0v) is 25.1. The zero-order valence-electron chi connectivity index (χ0n) is 24.3. The van der Waals surface area contributed by atoms with Gasteiger partial charge in [-0.3, -0.25) is 4.55 Å².